The van der Waals surface area contributed by atoms with E-state index in [2.05, 4.69) is 5.32 Å². The van der Waals surface area contributed by atoms with Crippen molar-refractivity contribution in [3.05, 3.63) is 34.3 Å². The predicted molar refractivity (Wildman–Crippen MR) is 74.3 cm³/mol. The van der Waals surface area contributed by atoms with Gasteiger partial charge in [-0.05, 0) is 11.6 Å². The smallest absolute Gasteiger partial charge is 0.314 e. The molecular formula is C14H15ClF6N2. The Bertz CT molecular complexity index is 537. The van der Waals surface area contributed by atoms with Crippen molar-refractivity contribution in [3.8, 4) is 0 Å². The first kappa shape index (κ1) is 18.4. The molecule has 1 atom stereocenters. The first-order valence-electron chi connectivity index (χ1n) is 6.97. The van der Waals surface area contributed by atoms with Crippen LogP contribution in [0.2, 0.25) is 5.02 Å². The van der Waals surface area contributed by atoms with Crippen LogP contribution in [-0.4, -0.2) is 37.3 Å². The van der Waals surface area contributed by atoms with Crippen LogP contribution in [0.3, 0.4) is 0 Å². The lowest BCUT2D eigenvalue weighted by atomic mass is 9.98. The van der Waals surface area contributed by atoms with E-state index >= 15 is 0 Å². The van der Waals surface area contributed by atoms with Crippen LogP contribution in [-0.2, 0) is 6.18 Å². The highest BCUT2D eigenvalue weighted by molar-refractivity contribution is 6.32. The number of rotatable bonds is 3. The molecule has 9 heteroatoms. The normalized spacial score (nSPS) is 18.9. The molecule has 1 aliphatic rings. The van der Waals surface area contributed by atoms with Crippen molar-refractivity contribution >= 4 is 11.6 Å². The zero-order chi connectivity index (χ0) is 17.3. The average molecular weight is 361 g/mol. The molecule has 1 fully saturated rings. The Morgan fingerprint density at radius 3 is 2.22 bits per heavy atom. The monoisotopic (exact) mass is 360 g/mol. The first-order valence-corrected chi connectivity index (χ1v) is 7.34. The van der Waals surface area contributed by atoms with Crippen LogP contribution in [0.4, 0.5) is 26.3 Å². The summed E-state index contributed by atoms with van der Waals surface area (Å²) in [6.07, 6.45) is -10.5. The number of alkyl halides is 6. The molecular weight excluding hydrogens is 346 g/mol. The lowest BCUT2D eigenvalue weighted by Gasteiger charge is -2.36. The topological polar surface area (TPSA) is 15.3 Å². The van der Waals surface area contributed by atoms with E-state index in [0.717, 1.165) is 12.1 Å². The van der Waals surface area contributed by atoms with Crippen LogP contribution in [0, 0.1) is 0 Å². The Balaban J connectivity index is 2.42. The fraction of sp³-hybridized carbons (Fsp3) is 0.571. The highest BCUT2D eigenvalue weighted by Gasteiger charge is 2.39. The molecule has 0 aliphatic carbocycles. The van der Waals surface area contributed by atoms with Crippen molar-refractivity contribution in [2.45, 2.75) is 24.8 Å². The van der Waals surface area contributed by atoms with Crippen LogP contribution >= 0.6 is 11.6 Å². The summed E-state index contributed by atoms with van der Waals surface area (Å²) in [5.41, 5.74) is -1.25. The summed E-state index contributed by atoms with van der Waals surface area (Å²) in [5, 5.41) is 2.34. The summed E-state index contributed by atoms with van der Waals surface area (Å²) in [5.74, 6) is 0. The molecule has 0 radical (unpaired) electrons. The van der Waals surface area contributed by atoms with Gasteiger partial charge in [0.15, 0.2) is 0 Å². The summed E-state index contributed by atoms with van der Waals surface area (Å²) in [4.78, 5) is 1.52. The minimum Gasteiger partial charge on any atom is -0.314 e. The van der Waals surface area contributed by atoms with Crippen molar-refractivity contribution in [1.82, 2.24) is 10.2 Å². The minimum atomic E-state index is -4.71. The summed E-state index contributed by atoms with van der Waals surface area (Å²) in [6, 6.07) is 1.87. The molecule has 2 nitrogen and oxygen atoms in total. The molecule has 0 unspecified atom stereocenters. The van der Waals surface area contributed by atoms with Crippen LogP contribution in [0.25, 0.3) is 0 Å². The Morgan fingerprint density at radius 1 is 1.09 bits per heavy atom. The third-order valence-electron chi connectivity index (χ3n) is 3.71. The molecule has 1 aromatic rings. The fourth-order valence-electron chi connectivity index (χ4n) is 2.67. The second-order valence-electron chi connectivity index (χ2n) is 5.33. The Morgan fingerprint density at radius 2 is 1.70 bits per heavy atom. The van der Waals surface area contributed by atoms with Gasteiger partial charge in [0.1, 0.15) is 0 Å². The van der Waals surface area contributed by atoms with Crippen molar-refractivity contribution < 1.29 is 26.3 Å². The van der Waals surface area contributed by atoms with E-state index in [9.17, 15) is 26.3 Å². The zero-order valence-corrected chi connectivity index (χ0v) is 12.7. The minimum absolute atomic E-state index is 0.138. The number of halogens is 7. The third kappa shape index (κ3) is 4.74. The second-order valence-corrected chi connectivity index (χ2v) is 5.71. The molecule has 0 bridgehead atoms. The highest BCUT2D eigenvalue weighted by atomic mass is 35.5. The second kappa shape index (κ2) is 6.86. The van der Waals surface area contributed by atoms with Gasteiger partial charge in [0.25, 0.3) is 0 Å². The van der Waals surface area contributed by atoms with Gasteiger partial charge in [-0.2, -0.15) is 26.3 Å². The van der Waals surface area contributed by atoms with Crippen molar-refractivity contribution in [3.63, 3.8) is 0 Å². The van der Waals surface area contributed by atoms with E-state index in [1.807, 2.05) is 0 Å². The van der Waals surface area contributed by atoms with Gasteiger partial charge < -0.3 is 5.32 Å². The zero-order valence-electron chi connectivity index (χ0n) is 11.9. The Kier molecular flexibility index (Phi) is 5.48. The van der Waals surface area contributed by atoms with E-state index in [1.54, 1.807) is 0 Å². The number of nitrogens with zero attached hydrogens (tertiary/aromatic N) is 1. The van der Waals surface area contributed by atoms with Crippen LogP contribution in [0.1, 0.15) is 23.6 Å². The Hall–Kier alpha value is -0.990. The predicted octanol–water partition coefficient (Wildman–Crippen LogP) is 4.26. The number of hydrogen-bond donors (Lipinski definition) is 1. The van der Waals surface area contributed by atoms with Gasteiger partial charge in [0, 0.05) is 32.2 Å². The lowest BCUT2D eigenvalue weighted by molar-refractivity contribution is -0.148. The van der Waals surface area contributed by atoms with Gasteiger partial charge in [0.2, 0.25) is 0 Å². The number of nitrogens with one attached hydrogen (secondary N) is 1. The molecule has 23 heavy (non-hydrogen) atoms. The number of benzene rings is 1. The maximum Gasteiger partial charge on any atom is 0.417 e. The van der Waals surface area contributed by atoms with Gasteiger partial charge >= 0.3 is 12.4 Å². The SMILES string of the molecule is FC(F)(F)C[C@H](c1cccc(C(F)(F)F)c1Cl)N1CCNCC1. The van der Waals surface area contributed by atoms with E-state index in [4.69, 9.17) is 11.6 Å². The highest BCUT2D eigenvalue weighted by Crippen LogP contribution is 2.42. The average Bonchev–Trinajstić information content (AvgIpc) is 2.44. The molecule has 0 aromatic heterocycles. The summed E-state index contributed by atoms with van der Waals surface area (Å²) >= 11 is 5.81. The molecule has 1 saturated heterocycles. The van der Waals surface area contributed by atoms with Crippen LogP contribution in [0.5, 0.6) is 0 Å². The van der Waals surface area contributed by atoms with Crippen molar-refractivity contribution in [2.24, 2.45) is 0 Å². The quantitative estimate of drug-likeness (QED) is 0.810. The maximum absolute atomic E-state index is 12.9. The van der Waals surface area contributed by atoms with Crippen molar-refractivity contribution in [2.75, 3.05) is 26.2 Å². The van der Waals surface area contributed by atoms with E-state index < -0.39 is 35.4 Å². The largest absolute Gasteiger partial charge is 0.417 e. The van der Waals surface area contributed by atoms with E-state index in [0.29, 0.717) is 26.2 Å². The molecule has 1 aliphatic heterocycles. The van der Waals surface area contributed by atoms with E-state index in [1.165, 1.54) is 11.0 Å². The van der Waals surface area contributed by atoms with Gasteiger partial charge in [-0.15, -0.1) is 0 Å². The van der Waals surface area contributed by atoms with Gasteiger partial charge in [-0.3, -0.25) is 4.90 Å². The molecule has 130 valence electrons. The van der Waals surface area contributed by atoms with Gasteiger partial charge in [0.05, 0.1) is 17.0 Å². The lowest BCUT2D eigenvalue weighted by Crippen LogP contribution is -2.46. The van der Waals surface area contributed by atoms with Gasteiger partial charge in [-0.1, -0.05) is 23.7 Å². The first-order chi connectivity index (χ1) is 10.6. The molecule has 0 saturated carbocycles. The molecule has 1 N–H and O–H groups in total. The summed E-state index contributed by atoms with van der Waals surface area (Å²) < 4.78 is 77.5. The van der Waals surface area contributed by atoms with Gasteiger partial charge in [-0.25, -0.2) is 0 Å². The molecule has 0 amide bonds. The van der Waals surface area contributed by atoms with E-state index in [-0.39, 0.29) is 5.56 Å². The molecule has 1 heterocycles. The third-order valence-corrected chi connectivity index (χ3v) is 4.13. The van der Waals surface area contributed by atoms with Crippen LogP contribution < -0.4 is 5.32 Å². The standard InChI is InChI=1S/C14H15ClF6N2/c15-12-9(2-1-3-10(12)14(19,20)21)11(8-13(16,17)18)23-6-4-22-5-7-23/h1-3,11,22H,4-8H2/t11-/m1/s1. The molecule has 0 spiro atoms. The number of hydrogen-bond acceptors (Lipinski definition) is 2. The summed E-state index contributed by atoms with van der Waals surface area (Å²) in [6.45, 7) is 1.58. The Labute approximate surface area is 134 Å². The maximum atomic E-state index is 12.9. The fourth-order valence-corrected chi connectivity index (χ4v) is 3.03. The van der Waals surface area contributed by atoms with Crippen molar-refractivity contribution in [1.29, 1.82) is 0 Å². The van der Waals surface area contributed by atoms with Crippen LogP contribution in [0.15, 0.2) is 18.2 Å². The molecule has 1 aromatic carbocycles. The summed E-state index contributed by atoms with van der Waals surface area (Å²) in [7, 11) is 0. The molecule has 2 rings (SSSR count). The number of piperazine rings is 1.